The Kier molecular flexibility index (Phi) is 21.7. The number of esters is 6. The molecular formula is C42H63N3O19. The molecule has 0 aromatic carbocycles. The lowest BCUT2D eigenvalue weighted by Crippen LogP contribution is -2.48. The number of nitrogens with one attached hydrogen (secondary N) is 2. The van der Waals surface area contributed by atoms with Crippen LogP contribution in [0.25, 0.3) is 0 Å². The predicted octanol–water partition coefficient (Wildman–Crippen LogP) is 2.19. The Morgan fingerprint density at radius 2 is 1.19 bits per heavy atom. The van der Waals surface area contributed by atoms with Crippen molar-refractivity contribution < 1.29 is 90.8 Å². The SMILES string of the molecule is COCC[C@H]1C(=O)OC[C@H](NC(=O)OC(C)(C)C)C(=O)O[C@@H](C)[C@@H]1OC(=O)C(C)C.COCC[C@H]1C(=O)OC[C@H](NC(=O)c2nccc(OC)c2O)C(=O)O[C@@H](C)[C@@H]1OC(=O)C(C)C. The second-order valence-corrected chi connectivity index (χ2v) is 16.4. The van der Waals surface area contributed by atoms with Crippen molar-refractivity contribution in [2.75, 3.05) is 47.8 Å². The molecule has 360 valence electrons. The molecule has 0 spiro atoms. The number of hydrogen-bond acceptors (Lipinski definition) is 20. The van der Waals surface area contributed by atoms with Gasteiger partial charge in [-0.2, -0.15) is 0 Å². The zero-order valence-electron chi connectivity index (χ0n) is 38.4. The minimum absolute atomic E-state index is 0.00744. The van der Waals surface area contributed by atoms with Gasteiger partial charge in [-0.25, -0.2) is 19.4 Å². The zero-order valence-corrected chi connectivity index (χ0v) is 38.4. The van der Waals surface area contributed by atoms with Crippen molar-refractivity contribution in [3.05, 3.63) is 18.0 Å². The number of nitrogens with zero attached hydrogens (tertiary/aromatic N) is 1. The van der Waals surface area contributed by atoms with Crippen molar-refractivity contribution in [3.8, 4) is 11.5 Å². The van der Waals surface area contributed by atoms with Crippen LogP contribution >= 0.6 is 0 Å². The van der Waals surface area contributed by atoms with Crippen molar-refractivity contribution in [2.24, 2.45) is 23.7 Å². The molecule has 22 nitrogen and oxygen atoms in total. The van der Waals surface area contributed by atoms with E-state index in [1.165, 1.54) is 47.4 Å². The Morgan fingerprint density at radius 3 is 1.58 bits per heavy atom. The molecule has 0 aliphatic carbocycles. The lowest BCUT2D eigenvalue weighted by Gasteiger charge is -2.29. The quantitative estimate of drug-likeness (QED) is 0.178. The van der Waals surface area contributed by atoms with Crippen LogP contribution in [0.5, 0.6) is 11.5 Å². The van der Waals surface area contributed by atoms with Crippen LogP contribution in [-0.4, -0.2) is 148 Å². The number of pyridine rings is 1. The number of carbonyl (C=O) groups excluding carboxylic acids is 8. The van der Waals surface area contributed by atoms with E-state index in [0.29, 0.717) is 0 Å². The first-order chi connectivity index (χ1) is 29.9. The van der Waals surface area contributed by atoms with E-state index in [0.717, 1.165) is 0 Å². The van der Waals surface area contributed by atoms with Gasteiger partial charge in [-0.05, 0) is 47.5 Å². The zero-order chi connectivity index (χ0) is 48.5. The fourth-order valence-corrected chi connectivity index (χ4v) is 5.86. The maximum atomic E-state index is 12.9. The summed E-state index contributed by atoms with van der Waals surface area (Å²) in [5.74, 6) is -8.54. The van der Waals surface area contributed by atoms with Gasteiger partial charge < -0.3 is 63.1 Å². The number of hydrogen-bond donors (Lipinski definition) is 3. The predicted molar refractivity (Wildman–Crippen MR) is 219 cm³/mol. The van der Waals surface area contributed by atoms with Crippen LogP contribution in [-0.2, 0) is 71.4 Å². The fraction of sp³-hybridized carbons (Fsp3) is 0.690. The molecule has 2 amide bonds. The van der Waals surface area contributed by atoms with Crippen LogP contribution in [0, 0.1) is 23.7 Å². The third-order valence-electron chi connectivity index (χ3n) is 9.31. The van der Waals surface area contributed by atoms with Crippen LogP contribution in [0.3, 0.4) is 0 Å². The van der Waals surface area contributed by atoms with Gasteiger partial charge in [0.25, 0.3) is 5.91 Å². The highest BCUT2D eigenvalue weighted by Gasteiger charge is 2.44. The topological polar surface area (TPSA) is 286 Å². The highest BCUT2D eigenvalue weighted by Crippen LogP contribution is 2.29. The Bertz CT molecular complexity index is 1780. The molecule has 22 heteroatoms. The van der Waals surface area contributed by atoms with E-state index in [4.69, 9.17) is 47.4 Å². The van der Waals surface area contributed by atoms with E-state index in [1.54, 1.807) is 48.5 Å². The number of alkyl carbamates (subject to hydrolysis) is 1. The summed E-state index contributed by atoms with van der Waals surface area (Å²) < 4.78 is 52.5. The minimum Gasteiger partial charge on any atom is -0.503 e. The van der Waals surface area contributed by atoms with Gasteiger partial charge in [0.1, 0.15) is 31.0 Å². The number of carbonyl (C=O) groups is 8. The van der Waals surface area contributed by atoms with Crippen LogP contribution in [0.2, 0.25) is 0 Å². The summed E-state index contributed by atoms with van der Waals surface area (Å²) in [5, 5.41) is 14.8. The molecule has 2 aliphatic heterocycles. The average molecular weight is 914 g/mol. The van der Waals surface area contributed by atoms with E-state index in [1.807, 2.05) is 0 Å². The summed E-state index contributed by atoms with van der Waals surface area (Å²) >= 11 is 0. The highest BCUT2D eigenvalue weighted by atomic mass is 16.6. The van der Waals surface area contributed by atoms with E-state index >= 15 is 0 Å². The number of ether oxygens (including phenoxy) is 10. The van der Waals surface area contributed by atoms with Gasteiger partial charge >= 0.3 is 41.9 Å². The van der Waals surface area contributed by atoms with Crippen LogP contribution < -0.4 is 15.4 Å². The fourth-order valence-electron chi connectivity index (χ4n) is 5.86. The Balaban J connectivity index is 0.000000444. The minimum atomic E-state index is -1.41. The van der Waals surface area contributed by atoms with Crippen molar-refractivity contribution in [1.29, 1.82) is 0 Å². The number of amides is 2. The molecule has 1 aromatic heterocycles. The summed E-state index contributed by atoms with van der Waals surface area (Å²) in [6.07, 6.45) is -3.46. The van der Waals surface area contributed by atoms with Crippen molar-refractivity contribution in [3.63, 3.8) is 0 Å². The Morgan fingerprint density at radius 1 is 0.750 bits per heavy atom. The monoisotopic (exact) mass is 913 g/mol. The smallest absolute Gasteiger partial charge is 0.408 e. The van der Waals surface area contributed by atoms with Crippen LogP contribution in [0.1, 0.15) is 85.6 Å². The van der Waals surface area contributed by atoms with E-state index < -0.39 is 138 Å². The van der Waals surface area contributed by atoms with E-state index in [-0.39, 0.29) is 31.8 Å². The average Bonchev–Trinajstić information content (AvgIpc) is 3.27. The molecule has 64 heavy (non-hydrogen) atoms. The maximum Gasteiger partial charge on any atom is 0.408 e. The second-order valence-electron chi connectivity index (χ2n) is 16.4. The summed E-state index contributed by atoms with van der Waals surface area (Å²) in [7, 11) is 4.22. The first-order valence-electron chi connectivity index (χ1n) is 20.6. The molecule has 3 rings (SSSR count). The molecule has 2 saturated heterocycles. The molecule has 8 atom stereocenters. The van der Waals surface area contributed by atoms with Crippen LogP contribution in [0.15, 0.2) is 12.3 Å². The lowest BCUT2D eigenvalue weighted by atomic mass is 9.95. The number of aromatic nitrogens is 1. The number of aromatic hydroxyl groups is 1. The molecule has 1 aromatic rings. The maximum absolute atomic E-state index is 12.9. The van der Waals surface area contributed by atoms with Gasteiger partial charge in [0.2, 0.25) is 0 Å². The highest BCUT2D eigenvalue weighted by molar-refractivity contribution is 5.98. The molecular weight excluding hydrogens is 850 g/mol. The first-order valence-corrected chi connectivity index (χ1v) is 20.6. The molecule has 0 saturated carbocycles. The summed E-state index contributed by atoms with van der Waals surface area (Å²) in [4.78, 5) is 104. The number of methoxy groups -OCH3 is 3. The first kappa shape index (κ1) is 54.4. The summed E-state index contributed by atoms with van der Waals surface area (Å²) in [6, 6.07) is -1.33. The summed E-state index contributed by atoms with van der Waals surface area (Å²) in [5.41, 5.74) is -1.18. The third-order valence-corrected chi connectivity index (χ3v) is 9.31. The lowest BCUT2D eigenvalue weighted by molar-refractivity contribution is -0.177. The largest absolute Gasteiger partial charge is 0.503 e. The molecule has 0 radical (unpaired) electrons. The number of rotatable bonds is 14. The van der Waals surface area contributed by atoms with Gasteiger partial charge in [-0.1, -0.05) is 27.7 Å². The van der Waals surface area contributed by atoms with E-state index in [9.17, 15) is 43.5 Å². The third kappa shape index (κ3) is 16.7. The van der Waals surface area contributed by atoms with E-state index in [2.05, 4.69) is 15.6 Å². The molecule has 2 fully saturated rings. The second kappa shape index (κ2) is 25.5. The molecule has 2 aliphatic rings. The molecule has 0 unspecified atom stereocenters. The van der Waals surface area contributed by atoms with Gasteiger partial charge in [0, 0.05) is 39.7 Å². The van der Waals surface area contributed by atoms with Crippen molar-refractivity contribution >= 4 is 47.8 Å². The Labute approximate surface area is 371 Å². The van der Waals surface area contributed by atoms with Gasteiger partial charge in [0.05, 0.1) is 30.8 Å². The number of cyclic esters (lactones) is 4. The Hall–Kier alpha value is -5.77. The van der Waals surface area contributed by atoms with Crippen LogP contribution in [0.4, 0.5) is 4.79 Å². The summed E-state index contributed by atoms with van der Waals surface area (Å²) in [6.45, 7) is 13.9. The normalized spacial score (nSPS) is 24.2. The molecule has 0 bridgehead atoms. The van der Waals surface area contributed by atoms with Gasteiger partial charge in [0.15, 0.2) is 41.5 Å². The molecule has 3 heterocycles. The van der Waals surface area contributed by atoms with Gasteiger partial charge in [-0.3, -0.25) is 24.0 Å². The molecule has 3 N–H and O–H groups in total. The van der Waals surface area contributed by atoms with Gasteiger partial charge in [-0.15, -0.1) is 0 Å². The van der Waals surface area contributed by atoms with Crippen molar-refractivity contribution in [1.82, 2.24) is 15.6 Å². The van der Waals surface area contributed by atoms with Crippen molar-refractivity contribution in [2.45, 2.75) is 117 Å². The standard InChI is InChI=1S/C22H30N2O10.C20H33NO9/c1-11(2)20(27)34-18-12(3)33-22(29)14(10-32-21(28)13(18)7-9-30-4)24-19(26)16-17(25)15(31-5)6-8-23-16;1-11(2)16(22)29-15-12(3)28-18(24)14(21-19(25)30-20(4,5)6)10-27-17(23)13(15)8-9-26-7/h6,8,11-14,18,25H,7,9-10H2,1-5H3,(H,24,26);11-15H,8-10H2,1-7H3,(H,21,25)/t12-,13+,14-,18-;12-,13+,14-,15-/m00/s1.